The van der Waals surface area contributed by atoms with Gasteiger partial charge in [0.05, 0.1) is 6.33 Å². The van der Waals surface area contributed by atoms with E-state index in [0.717, 1.165) is 0 Å². The van der Waals surface area contributed by atoms with Crippen LogP contribution in [0.5, 0.6) is 5.75 Å². The van der Waals surface area contributed by atoms with Gasteiger partial charge in [-0.25, -0.2) is 4.39 Å². The van der Waals surface area contributed by atoms with Gasteiger partial charge in [0.2, 0.25) is 0 Å². The summed E-state index contributed by atoms with van der Waals surface area (Å²) in [6.45, 7) is 0.218. The number of nitrogen functional groups attached to an aromatic ring is 1. The molecule has 1 heterocycles. The fourth-order valence-corrected chi connectivity index (χ4v) is 1.32. The van der Waals surface area contributed by atoms with Crippen molar-refractivity contribution in [2.75, 3.05) is 18.9 Å². The number of anilines is 1. The lowest BCUT2D eigenvalue weighted by molar-refractivity contribution is 0.347. The van der Waals surface area contributed by atoms with Crippen molar-refractivity contribution < 1.29 is 13.5 Å². The minimum atomic E-state index is 0.0993. The summed E-state index contributed by atoms with van der Waals surface area (Å²) in [7, 11) is 0. The van der Waals surface area contributed by atoms with Crippen LogP contribution in [0.25, 0.3) is 11.1 Å². The van der Waals surface area contributed by atoms with E-state index >= 15 is 0 Å². The van der Waals surface area contributed by atoms with Gasteiger partial charge in [0, 0.05) is 18.2 Å². The number of ether oxygens (including phenoxy) is 1. The Morgan fingerprint density at radius 1 is 1.53 bits per heavy atom. The number of hydrogen-bond donors (Lipinski definition) is 2. The van der Waals surface area contributed by atoms with E-state index in [1.54, 1.807) is 18.2 Å². The van der Waals surface area contributed by atoms with Crippen molar-refractivity contribution in [2.24, 2.45) is 5.73 Å². The van der Waals surface area contributed by atoms with Crippen LogP contribution in [0.4, 0.5) is 10.4 Å². The predicted octanol–water partition coefficient (Wildman–Crippen LogP) is 1.60. The summed E-state index contributed by atoms with van der Waals surface area (Å²) in [5.74, 6) is 0.543. The SMILES string of the molecule is NC/C(=C/F)COc1ccc2nc(N)oc2c1. The summed E-state index contributed by atoms with van der Waals surface area (Å²) in [6, 6.07) is 5.16. The van der Waals surface area contributed by atoms with Crippen molar-refractivity contribution in [2.45, 2.75) is 0 Å². The highest BCUT2D eigenvalue weighted by molar-refractivity contribution is 5.75. The molecule has 0 spiro atoms. The van der Waals surface area contributed by atoms with E-state index in [4.69, 9.17) is 20.6 Å². The van der Waals surface area contributed by atoms with Crippen molar-refractivity contribution in [1.82, 2.24) is 4.98 Å². The molecule has 1 aromatic carbocycles. The van der Waals surface area contributed by atoms with E-state index < -0.39 is 0 Å². The third-order valence-corrected chi connectivity index (χ3v) is 2.22. The summed E-state index contributed by atoms with van der Waals surface area (Å²) in [6.07, 6.45) is 0.449. The van der Waals surface area contributed by atoms with Crippen LogP contribution in [0.15, 0.2) is 34.5 Å². The predicted molar refractivity (Wildman–Crippen MR) is 62.2 cm³/mol. The Kier molecular flexibility index (Phi) is 3.24. The summed E-state index contributed by atoms with van der Waals surface area (Å²) in [5, 5.41) is 0. The average molecular weight is 237 g/mol. The van der Waals surface area contributed by atoms with Crippen LogP contribution < -0.4 is 16.2 Å². The van der Waals surface area contributed by atoms with E-state index in [2.05, 4.69) is 4.98 Å². The molecular weight excluding hydrogens is 225 g/mol. The zero-order valence-electron chi connectivity index (χ0n) is 9.02. The second-order valence-electron chi connectivity index (χ2n) is 3.44. The van der Waals surface area contributed by atoms with Gasteiger partial charge in [-0.2, -0.15) is 4.98 Å². The number of benzene rings is 1. The van der Waals surface area contributed by atoms with Gasteiger partial charge < -0.3 is 20.6 Å². The van der Waals surface area contributed by atoms with Gasteiger partial charge in [-0.05, 0) is 12.1 Å². The molecule has 17 heavy (non-hydrogen) atoms. The van der Waals surface area contributed by atoms with Gasteiger partial charge in [0.1, 0.15) is 17.9 Å². The number of oxazole rings is 1. The first kappa shape index (κ1) is 11.4. The number of aromatic nitrogens is 1. The Bertz CT molecular complexity index is 551. The fraction of sp³-hybridized carbons (Fsp3) is 0.182. The molecule has 0 bridgehead atoms. The number of halogens is 1. The topological polar surface area (TPSA) is 87.3 Å². The molecule has 0 saturated carbocycles. The van der Waals surface area contributed by atoms with E-state index in [-0.39, 0.29) is 19.2 Å². The summed E-state index contributed by atoms with van der Waals surface area (Å²) in [4.78, 5) is 3.95. The molecule has 6 heteroatoms. The minimum absolute atomic E-state index is 0.0993. The van der Waals surface area contributed by atoms with Gasteiger partial charge in [0.15, 0.2) is 5.58 Å². The zero-order valence-corrected chi connectivity index (χ0v) is 9.02. The Hall–Kier alpha value is -2.08. The third-order valence-electron chi connectivity index (χ3n) is 2.22. The lowest BCUT2D eigenvalue weighted by Crippen LogP contribution is -2.10. The molecule has 90 valence electrons. The first-order valence-electron chi connectivity index (χ1n) is 5.00. The molecule has 0 aliphatic heterocycles. The summed E-state index contributed by atoms with van der Waals surface area (Å²) in [5.41, 5.74) is 12.3. The summed E-state index contributed by atoms with van der Waals surface area (Å²) >= 11 is 0. The largest absolute Gasteiger partial charge is 0.489 e. The van der Waals surface area contributed by atoms with E-state index in [1.165, 1.54) is 0 Å². The average Bonchev–Trinajstić information content (AvgIpc) is 2.69. The maximum absolute atomic E-state index is 12.2. The van der Waals surface area contributed by atoms with E-state index in [9.17, 15) is 4.39 Å². The molecule has 2 rings (SSSR count). The molecule has 0 amide bonds. The van der Waals surface area contributed by atoms with Gasteiger partial charge >= 0.3 is 0 Å². The standard InChI is InChI=1S/C11H12FN3O2/c12-4-7(5-13)6-16-8-1-2-9-10(3-8)17-11(14)15-9/h1-4H,5-6,13H2,(H2,14,15)/b7-4-. The van der Waals surface area contributed by atoms with Crippen LogP contribution in [0.2, 0.25) is 0 Å². The highest BCUT2D eigenvalue weighted by Crippen LogP contribution is 2.22. The molecule has 0 unspecified atom stereocenters. The van der Waals surface area contributed by atoms with Crippen LogP contribution in [-0.2, 0) is 0 Å². The smallest absolute Gasteiger partial charge is 0.292 e. The van der Waals surface area contributed by atoms with Crippen LogP contribution in [0, 0.1) is 0 Å². The molecule has 0 aliphatic carbocycles. The normalized spacial score (nSPS) is 12.0. The maximum atomic E-state index is 12.2. The Labute approximate surface area is 96.9 Å². The molecule has 0 radical (unpaired) electrons. The fourth-order valence-electron chi connectivity index (χ4n) is 1.32. The van der Waals surface area contributed by atoms with Crippen molar-refractivity contribution in [3.63, 3.8) is 0 Å². The number of nitrogens with zero attached hydrogens (tertiary/aromatic N) is 1. The Morgan fingerprint density at radius 2 is 2.35 bits per heavy atom. The lowest BCUT2D eigenvalue weighted by atomic mass is 10.3. The number of rotatable bonds is 4. The van der Waals surface area contributed by atoms with Crippen LogP contribution in [0.1, 0.15) is 0 Å². The molecule has 0 fully saturated rings. The van der Waals surface area contributed by atoms with Gasteiger partial charge in [-0.1, -0.05) is 0 Å². The monoisotopic (exact) mass is 237 g/mol. The first-order chi connectivity index (χ1) is 8.22. The van der Waals surface area contributed by atoms with Crippen LogP contribution in [-0.4, -0.2) is 18.1 Å². The number of fused-ring (bicyclic) bond motifs is 1. The third kappa shape index (κ3) is 2.54. The first-order valence-corrected chi connectivity index (χ1v) is 5.00. The van der Waals surface area contributed by atoms with E-state index in [1.807, 2.05) is 0 Å². The quantitative estimate of drug-likeness (QED) is 0.843. The van der Waals surface area contributed by atoms with Crippen molar-refractivity contribution in [1.29, 1.82) is 0 Å². The van der Waals surface area contributed by atoms with Gasteiger partial charge in [-0.15, -0.1) is 0 Å². The molecule has 2 aromatic rings. The molecule has 0 aliphatic rings. The van der Waals surface area contributed by atoms with Gasteiger partial charge in [-0.3, -0.25) is 0 Å². The van der Waals surface area contributed by atoms with Gasteiger partial charge in [0.25, 0.3) is 6.01 Å². The maximum Gasteiger partial charge on any atom is 0.292 e. The van der Waals surface area contributed by atoms with Crippen LogP contribution >= 0.6 is 0 Å². The minimum Gasteiger partial charge on any atom is -0.489 e. The molecule has 5 nitrogen and oxygen atoms in total. The molecule has 4 N–H and O–H groups in total. The lowest BCUT2D eigenvalue weighted by Gasteiger charge is -2.06. The Morgan fingerprint density at radius 3 is 3.06 bits per heavy atom. The summed E-state index contributed by atoms with van der Waals surface area (Å²) < 4.78 is 22.7. The highest BCUT2D eigenvalue weighted by Gasteiger charge is 2.05. The second-order valence-corrected chi connectivity index (χ2v) is 3.44. The van der Waals surface area contributed by atoms with Crippen molar-refractivity contribution >= 4 is 17.1 Å². The molecule has 0 saturated heterocycles. The molecule has 0 atom stereocenters. The second kappa shape index (κ2) is 4.84. The van der Waals surface area contributed by atoms with Crippen LogP contribution in [0.3, 0.4) is 0 Å². The molecule has 1 aromatic heterocycles. The van der Waals surface area contributed by atoms with Crippen molar-refractivity contribution in [3.05, 3.63) is 30.1 Å². The molecular formula is C11H12FN3O2. The van der Waals surface area contributed by atoms with E-state index in [0.29, 0.717) is 28.8 Å². The van der Waals surface area contributed by atoms with Crippen molar-refractivity contribution in [3.8, 4) is 5.75 Å². The zero-order chi connectivity index (χ0) is 12.3. The Balaban J connectivity index is 2.14. The number of hydrogen-bond acceptors (Lipinski definition) is 5. The number of nitrogens with two attached hydrogens (primary N) is 2. The highest BCUT2D eigenvalue weighted by atomic mass is 19.1.